The number of carbonyl (C=O) groups excluding carboxylic acids is 1. The van der Waals surface area contributed by atoms with Crippen LogP contribution in [-0.2, 0) is 18.3 Å². The number of benzene rings is 1. The smallest absolute Gasteiger partial charge is 0.259 e. The average molecular weight is 326 g/mol. The molecule has 0 aliphatic carbocycles. The maximum absolute atomic E-state index is 12.4. The van der Waals surface area contributed by atoms with E-state index in [1.165, 1.54) is 11.8 Å². The van der Waals surface area contributed by atoms with E-state index in [-0.39, 0.29) is 11.5 Å². The third-order valence-corrected chi connectivity index (χ3v) is 5.06. The first-order chi connectivity index (χ1) is 11.0. The van der Waals surface area contributed by atoms with Gasteiger partial charge in [0.25, 0.3) is 5.56 Å². The van der Waals surface area contributed by atoms with Gasteiger partial charge in [0.1, 0.15) is 0 Å². The zero-order chi connectivity index (χ0) is 16.6. The van der Waals surface area contributed by atoms with Crippen LogP contribution in [0.3, 0.4) is 0 Å². The van der Waals surface area contributed by atoms with E-state index in [1.807, 2.05) is 36.5 Å². The fourth-order valence-corrected chi connectivity index (χ4v) is 3.77. The van der Waals surface area contributed by atoms with Crippen LogP contribution in [0.25, 0.3) is 21.2 Å². The minimum absolute atomic E-state index is 0.0257. The van der Waals surface area contributed by atoms with Crippen LogP contribution in [0, 0.1) is 0 Å². The summed E-state index contributed by atoms with van der Waals surface area (Å²) in [5, 5.41) is 3.56. The molecule has 0 aliphatic rings. The van der Waals surface area contributed by atoms with Gasteiger partial charge in [-0.3, -0.25) is 9.59 Å². The van der Waals surface area contributed by atoms with E-state index in [4.69, 9.17) is 0 Å². The molecule has 1 aromatic carbocycles. The average Bonchev–Trinajstić information content (AvgIpc) is 2.95. The van der Waals surface area contributed by atoms with Gasteiger partial charge in [-0.25, -0.2) is 0 Å². The quantitative estimate of drug-likeness (QED) is 0.796. The van der Waals surface area contributed by atoms with Crippen LogP contribution in [0.2, 0.25) is 0 Å². The minimum atomic E-state index is -0.0999. The van der Waals surface area contributed by atoms with E-state index in [0.717, 1.165) is 33.3 Å². The molecule has 0 saturated heterocycles. The molecule has 118 valence electrons. The summed E-state index contributed by atoms with van der Waals surface area (Å²) in [4.78, 5) is 24.8. The maximum Gasteiger partial charge on any atom is 0.259 e. The number of amides is 1. The number of anilines is 1. The van der Waals surface area contributed by atoms with Gasteiger partial charge in [0, 0.05) is 41.0 Å². The molecular formula is C18H18N2O2S. The third-order valence-electron chi connectivity index (χ3n) is 3.74. The van der Waals surface area contributed by atoms with Crippen molar-refractivity contribution in [3.8, 4) is 11.1 Å². The molecule has 3 rings (SSSR count). The standard InChI is InChI=1S/C18H18N2O2S/c1-4-14-9-15-17(23-14)16(10-20(3)18(15)22)12-6-5-7-13(8-12)19-11(2)21/h5-10H,4H2,1-3H3,(H,19,21). The predicted octanol–water partition coefficient (Wildman–Crippen LogP) is 3.79. The predicted molar refractivity (Wildman–Crippen MR) is 96.2 cm³/mol. The summed E-state index contributed by atoms with van der Waals surface area (Å²) in [6.07, 6.45) is 2.78. The number of fused-ring (bicyclic) bond motifs is 1. The van der Waals surface area contributed by atoms with Crippen LogP contribution in [-0.4, -0.2) is 10.5 Å². The summed E-state index contributed by atoms with van der Waals surface area (Å²) in [7, 11) is 1.77. The first-order valence-electron chi connectivity index (χ1n) is 7.49. The number of nitrogens with zero attached hydrogens (tertiary/aromatic N) is 1. The van der Waals surface area contributed by atoms with Gasteiger partial charge in [0.15, 0.2) is 0 Å². The number of pyridine rings is 1. The lowest BCUT2D eigenvalue weighted by Gasteiger charge is -2.09. The van der Waals surface area contributed by atoms with Gasteiger partial charge in [0.05, 0.1) is 5.39 Å². The number of nitrogens with one attached hydrogen (secondary N) is 1. The number of rotatable bonds is 3. The first-order valence-corrected chi connectivity index (χ1v) is 8.31. The van der Waals surface area contributed by atoms with Gasteiger partial charge in [-0.05, 0) is 30.2 Å². The molecule has 0 radical (unpaired) electrons. The lowest BCUT2D eigenvalue weighted by atomic mass is 10.1. The van der Waals surface area contributed by atoms with E-state index in [2.05, 4.69) is 12.2 Å². The molecule has 2 heterocycles. The molecule has 0 aliphatic heterocycles. The molecule has 1 amide bonds. The monoisotopic (exact) mass is 326 g/mol. The Kier molecular flexibility index (Phi) is 4.05. The Hall–Kier alpha value is -2.40. The zero-order valence-corrected chi connectivity index (χ0v) is 14.2. The second-order valence-electron chi connectivity index (χ2n) is 5.53. The third kappa shape index (κ3) is 2.92. The molecule has 23 heavy (non-hydrogen) atoms. The summed E-state index contributed by atoms with van der Waals surface area (Å²) in [5.74, 6) is -0.0999. The summed E-state index contributed by atoms with van der Waals surface area (Å²) in [6.45, 7) is 3.58. The molecule has 0 bridgehead atoms. The highest BCUT2D eigenvalue weighted by Crippen LogP contribution is 2.34. The lowest BCUT2D eigenvalue weighted by molar-refractivity contribution is -0.114. The molecule has 0 fully saturated rings. The van der Waals surface area contributed by atoms with Crippen molar-refractivity contribution in [1.29, 1.82) is 0 Å². The fraction of sp³-hybridized carbons (Fsp3) is 0.222. The van der Waals surface area contributed by atoms with E-state index < -0.39 is 0 Å². The van der Waals surface area contributed by atoms with Crippen molar-refractivity contribution in [2.45, 2.75) is 20.3 Å². The van der Waals surface area contributed by atoms with E-state index >= 15 is 0 Å². The fourth-order valence-electron chi connectivity index (χ4n) is 2.65. The number of aromatic nitrogens is 1. The molecule has 4 nitrogen and oxygen atoms in total. The number of aryl methyl sites for hydroxylation is 2. The van der Waals surface area contributed by atoms with Crippen LogP contribution in [0.4, 0.5) is 5.69 Å². The van der Waals surface area contributed by atoms with Crippen LogP contribution in [0.1, 0.15) is 18.7 Å². The zero-order valence-electron chi connectivity index (χ0n) is 13.3. The summed E-state index contributed by atoms with van der Waals surface area (Å²) < 4.78 is 2.62. The number of thiophene rings is 1. The van der Waals surface area contributed by atoms with Crippen LogP contribution in [0.15, 0.2) is 41.3 Å². The van der Waals surface area contributed by atoms with Gasteiger partial charge < -0.3 is 9.88 Å². The molecule has 5 heteroatoms. The molecule has 1 N–H and O–H groups in total. The SMILES string of the molecule is CCc1cc2c(=O)n(C)cc(-c3cccc(NC(C)=O)c3)c2s1. The van der Waals surface area contributed by atoms with Crippen molar-refractivity contribution in [2.75, 3.05) is 5.32 Å². The van der Waals surface area contributed by atoms with E-state index in [9.17, 15) is 9.59 Å². The highest BCUT2D eigenvalue weighted by Gasteiger charge is 2.13. The summed E-state index contributed by atoms with van der Waals surface area (Å²) in [5.41, 5.74) is 2.78. The Bertz CT molecular complexity index is 953. The first kappa shape index (κ1) is 15.5. The Morgan fingerprint density at radius 3 is 2.78 bits per heavy atom. The molecule has 0 saturated carbocycles. The second-order valence-corrected chi connectivity index (χ2v) is 6.67. The highest BCUT2D eigenvalue weighted by molar-refractivity contribution is 7.19. The van der Waals surface area contributed by atoms with Gasteiger partial charge >= 0.3 is 0 Å². The Morgan fingerprint density at radius 2 is 2.09 bits per heavy atom. The Balaban J connectivity index is 2.23. The molecule has 2 aromatic heterocycles. The van der Waals surface area contributed by atoms with Crippen LogP contribution < -0.4 is 10.9 Å². The number of carbonyl (C=O) groups is 1. The van der Waals surface area contributed by atoms with Gasteiger partial charge in [-0.15, -0.1) is 11.3 Å². The van der Waals surface area contributed by atoms with Crippen molar-refractivity contribution in [1.82, 2.24) is 4.57 Å². The number of hydrogen-bond acceptors (Lipinski definition) is 3. The molecular weight excluding hydrogens is 308 g/mol. The Morgan fingerprint density at radius 1 is 1.30 bits per heavy atom. The largest absolute Gasteiger partial charge is 0.326 e. The molecule has 0 atom stereocenters. The van der Waals surface area contributed by atoms with Gasteiger partial charge in [-0.2, -0.15) is 0 Å². The van der Waals surface area contributed by atoms with Crippen molar-refractivity contribution in [3.63, 3.8) is 0 Å². The lowest BCUT2D eigenvalue weighted by Crippen LogP contribution is -2.15. The van der Waals surface area contributed by atoms with Crippen LogP contribution >= 0.6 is 11.3 Å². The summed E-state index contributed by atoms with van der Waals surface area (Å²) in [6, 6.07) is 9.69. The van der Waals surface area contributed by atoms with Crippen LogP contribution in [0.5, 0.6) is 0 Å². The molecule has 3 aromatic rings. The maximum atomic E-state index is 12.4. The van der Waals surface area contributed by atoms with Crippen molar-refractivity contribution >= 4 is 33.0 Å². The highest BCUT2D eigenvalue weighted by atomic mass is 32.1. The molecule has 0 unspecified atom stereocenters. The number of hydrogen-bond donors (Lipinski definition) is 1. The van der Waals surface area contributed by atoms with E-state index in [1.54, 1.807) is 23.0 Å². The normalized spacial score (nSPS) is 10.9. The molecule has 0 spiro atoms. The summed E-state index contributed by atoms with van der Waals surface area (Å²) >= 11 is 1.66. The van der Waals surface area contributed by atoms with Gasteiger partial charge in [0.2, 0.25) is 5.91 Å². The minimum Gasteiger partial charge on any atom is -0.326 e. The Labute approximate surface area is 138 Å². The second kappa shape index (κ2) is 6.01. The van der Waals surface area contributed by atoms with Gasteiger partial charge in [-0.1, -0.05) is 19.1 Å². The topological polar surface area (TPSA) is 51.1 Å². The van der Waals surface area contributed by atoms with Crippen molar-refractivity contribution in [2.24, 2.45) is 7.05 Å². The van der Waals surface area contributed by atoms with E-state index in [0.29, 0.717) is 0 Å². The van der Waals surface area contributed by atoms with Crippen molar-refractivity contribution < 1.29 is 4.79 Å². The van der Waals surface area contributed by atoms with Crippen molar-refractivity contribution in [3.05, 3.63) is 51.8 Å².